The second-order valence-electron chi connectivity index (χ2n) is 6.10. The molecule has 1 aliphatic heterocycles. The predicted octanol–water partition coefficient (Wildman–Crippen LogP) is 2.84. The molecule has 1 fully saturated rings. The summed E-state index contributed by atoms with van der Waals surface area (Å²) in [5, 5.41) is 3.50. The highest BCUT2D eigenvalue weighted by Gasteiger charge is 2.34. The Bertz CT molecular complexity index is 751. The first kappa shape index (κ1) is 17.4. The highest BCUT2D eigenvalue weighted by atomic mass is 35.5. The van der Waals surface area contributed by atoms with E-state index in [9.17, 15) is 9.59 Å². The molecule has 1 N–H and O–H groups in total. The van der Waals surface area contributed by atoms with Crippen molar-refractivity contribution in [2.75, 3.05) is 18.0 Å². The second kappa shape index (κ2) is 8.12. The van der Waals surface area contributed by atoms with Crippen LogP contribution in [0.2, 0.25) is 5.02 Å². The summed E-state index contributed by atoms with van der Waals surface area (Å²) in [6, 6.07) is 12.9. The van der Waals surface area contributed by atoms with Crippen molar-refractivity contribution >= 4 is 29.1 Å². The highest BCUT2D eigenvalue weighted by Crippen LogP contribution is 2.27. The number of nitrogens with zero attached hydrogens (tertiary/aromatic N) is 2. The summed E-state index contributed by atoms with van der Waals surface area (Å²) < 4.78 is 0. The maximum atomic E-state index is 12.3. The molecule has 1 atom stereocenters. The monoisotopic (exact) mass is 357 g/mol. The number of pyridine rings is 1. The van der Waals surface area contributed by atoms with E-state index in [0.717, 1.165) is 24.2 Å². The molecule has 2 amide bonds. The Morgan fingerprint density at radius 2 is 2.16 bits per heavy atom. The Labute approximate surface area is 152 Å². The molecule has 5 nitrogen and oxygen atoms in total. The molecule has 1 aliphatic rings. The van der Waals surface area contributed by atoms with Crippen LogP contribution in [0.25, 0.3) is 0 Å². The van der Waals surface area contributed by atoms with E-state index in [0.29, 0.717) is 18.1 Å². The molecule has 0 radical (unpaired) electrons. The lowest BCUT2D eigenvalue weighted by atomic mass is 10.1. The van der Waals surface area contributed by atoms with Crippen LogP contribution in [0.1, 0.15) is 18.5 Å². The molecular formula is C19H20ClN3O2. The fourth-order valence-corrected chi connectivity index (χ4v) is 3.13. The summed E-state index contributed by atoms with van der Waals surface area (Å²) in [5.74, 6) is -0.434. The number of carbonyl (C=O) groups excluding carboxylic acids is 2. The standard InChI is InChI=1S/C19H20ClN3O2/c20-15-5-3-8-17(12-15)23-13-14(11-18(23)24)19(25)22-10-4-7-16-6-1-2-9-21-16/h1-3,5-6,8-9,12,14H,4,7,10-11,13H2,(H,22,25)/t14-/m0/s1. The molecule has 2 aromatic rings. The molecule has 1 aromatic heterocycles. The molecule has 2 heterocycles. The lowest BCUT2D eigenvalue weighted by Crippen LogP contribution is -2.33. The summed E-state index contributed by atoms with van der Waals surface area (Å²) in [7, 11) is 0. The van der Waals surface area contributed by atoms with Crippen LogP contribution < -0.4 is 10.2 Å². The van der Waals surface area contributed by atoms with Crippen LogP contribution in [0.3, 0.4) is 0 Å². The van der Waals surface area contributed by atoms with Gasteiger partial charge in [-0.2, -0.15) is 0 Å². The molecule has 1 saturated heterocycles. The number of halogens is 1. The summed E-state index contributed by atoms with van der Waals surface area (Å²) in [5.41, 5.74) is 1.75. The van der Waals surface area contributed by atoms with Gasteiger partial charge in [0.25, 0.3) is 0 Å². The van der Waals surface area contributed by atoms with E-state index in [4.69, 9.17) is 11.6 Å². The zero-order valence-electron chi connectivity index (χ0n) is 13.8. The third kappa shape index (κ3) is 4.57. The Hall–Kier alpha value is -2.40. The van der Waals surface area contributed by atoms with Crippen LogP contribution in [0, 0.1) is 5.92 Å². The minimum Gasteiger partial charge on any atom is -0.356 e. The smallest absolute Gasteiger partial charge is 0.227 e. The van der Waals surface area contributed by atoms with E-state index in [-0.39, 0.29) is 24.2 Å². The predicted molar refractivity (Wildman–Crippen MR) is 97.5 cm³/mol. The molecule has 1 aromatic carbocycles. The minimum absolute atomic E-state index is 0.0455. The van der Waals surface area contributed by atoms with E-state index in [1.807, 2.05) is 24.3 Å². The molecular weight excluding hydrogens is 338 g/mol. The fourth-order valence-electron chi connectivity index (χ4n) is 2.95. The maximum absolute atomic E-state index is 12.3. The topological polar surface area (TPSA) is 62.3 Å². The molecule has 130 valence electrons. The van der Waals surface area contributed by atoms with Crippen molar-refractivity contribution in [1.29, 1.82) is 0 Å². The normalized spacial score (nSPS) is 16.9. The summed E-state index contributed by atoms with van der Waals surface area (Å²) >= 11 is 5.98. The molecule has 0 aliphatic carbocycles. The van der Waals surface area contributed by atoms with Gasteiger partial charge in [-0.3, -0.25) is 14.6 Å². The SMILES string of the molecule is O=C(NCCCc1ccccn1)[C@H]1CC(=O)N(c2cccc(Cl)c2)C1. The average molecular weight is 358 g/mol. The van der Waals surface area contributed by atoms with Crippen LogP contribution in [0.5, 0.6) is 0 Å². The number of amides is 2. The first-order valence-electron chi connectivity index (χ1n) is 8.37. The Morgan fingerprint density at radius 1 is 1.28 bits per heavy atom. The van der Waals surface area contributed by atoms with Gasteiger partial charge in [0.05, 0.1) is 5.92 Å². The number of benzene rings is 1. The van der Waals surface area contributed by atoms with Crippen molar-refractivity contribution in [2.24, 2.45) is 5.92 Å². The number of rotatable bonds is 6. The second-order valence-corrected chi connectivity index (χ2v) is 6.54. The van der Waals surface area contributed by atoms with Gasteiger partial charge in [-0.1, -0.05) is 23.7 Å². The van der Waals surface area contributed by atoms with Crippen LogP contribution in [-0.2, 0) is 16.0 Å². The summed E-state index contributed by atoms with van der Waals surface area (Å²) in [6.07, 6.45) is 3.64. The van der Waals surface area contributed by atoms with Gasteiger partial charge in [0.15, 0.2) is 0 Å². The van der Waals surface area contributed by atoms with Gasteiger partial charge < -0.3 is 10.2 Å². The first-order chi connectivity index (χ1) is 12.1. The van der Waals surface area contributed by atoms with Crippen molar-refractivity contribution in [3.63, 3.8) is 0 Å². The number of hydrogen-bond donors (Lipinski definition) is 1. The quantitative estimate of drug-likeness (QED) is 0.808. The number of hydrogen-bond acceptors (Lipinski definition) is 3. The van der Waals surface area contributed by atoms with E-state index in [1.165, 1.54) is 0 Å². The lowest BCUT2D eigenvalue weighted by molar-refractivity contribution is -0.126. The number of nitrogens with one attached hydrogen (secondary N) is 1. The summed E-state index contributed by atoms with van der Waals surface area (Å²) in [4.78, 5) is 30.4. The molecule has 0 unspecified atom stereocenters. The highest BCUT2D eigenvalue weighted by molar-refractivity contribution is 6.30. The van der Waals surface area contributed by atoms with Crippen LogP contribution in [0.4, 0.5) is 5.69 Å². The van der Waals surface area contributed by atoms with Crippen molar-refractivity contribution in [3.05, 3.63) is 59.4 Å². The maximum Gasteiger partial charge on any atom is 0.227 e. The van der Waals surface area contributed by atoms with Gasteiger partial charge in [-0.05, 0) is 43.2 Å². The van der Waals surface area contributed by atoms with Crippen LogP contribution in [-0.4, -0.2) is 29.9 Å². The lowest BCUT2D eigenvalue weighted by Gasteiger charge is -2.17. The molecule has 3 rings (SSSR count). The van der Waals surface area contributed by atoms with E-state index in [1.54, 1.807) is 29.3 Å². The van der Waals surface area contributed by atoms with E-state index >= 15 is 0 Å². The van der Waals surface area contributed by atoms with Crippen LogP contribution in [0.15, 0.2) is 48.7 Å². The number of anilines is 1. The average Bonchev–Trinajstić information content (AvgIpc) is 3.01. The fraction of sp³-hybridized carbons (Fsp3) is 0.316. The summed E-state index contributed by atoms with van der Waals surface area (Å²) in [6.45, 7) is 0.975. The Balaban J connectivity index is 1.47. The van der Waals surface area contributed by atoms with E-state index in [2.05, 4.69) is 10.3 Å². The van der Waals surface area contributed by atoms with Gasteiger partial charge in [-0.25, -0.2) is 0 Å². The Morgan fingerprint density at radius 3 is 2.92 bits per heavy atom. The van der Waals surface area contributed by atoms with Gasteiger partial charge in [-0.15, -0.1) is 0 Å². The third-order valence-electron chi connectivity index (χ3n) is 4.25. The van der Waals surface area contributed by atoms with Crippen molar-refractivity contribution < 1.29 is 9.59 Å². The van der Waals surface area contributed by atoms with Gasteiger partial charge in [0.2, 0.25) is 11.8 Å². The first-order valence-corrected chi connectivity index (χ1v) is 8.75. The Kier molecular flexibility index (Phi) is 5.66. The minimum atomic E-state index is -0.318. The van der Waals surface area contributed by atoms with Crippen molar-refractivity contribution in [2.45, 2.75) is 19.3 Å². The van der Waals surface area contributed by atoms with E-state index < -0.39 is 0 Å². The molecule has 0 saturated carbocycles. The van der Waals surface area contributed by atoms with Crippen molar-refractivity contribution in [3.8, 4) is 0 Å². The number of aryl methyl sites for hydroxylation is 1. The number of carbonyl (C=O) groups is 2. The van der Waals surface area contributed by atoms with Gasteiger partial charge >= 0.3 is 0 Å². The zero-order chi connectivity index (χ0) is 17.6. The molecule has 0 bridgehead atoms. The largest absolute Gasteiger partial charge is 0.356 e. The van der Waals surface area contributed by atoms with Crippen LogP contribution >= 0.6 is 11.6 Å². The molecule has 25 heavy (non-hydrogen) atoms. The van der Waals surface area contributed by atoms with Crippen molar-refractivity contribution in [1.82, 2.24) is 10.3 Å². The van der Waals surface area contributed by atoms with Gasteiger partial charge in [0, 0.05) is 42.1 Å². The van der Waals surface area contributed by atoms with Gasteiger partial charge in [0.1, 0.15) is 0 Å². The molecule has 0 spiro atoms. The zero-order valence-corrected chi connectivity index (χ0v) is 14.6. The molecule has 6 heteroatoms. The third-order valence-corrected chi connectivity index (χ3v) is 4.49. The number of aromatic nitrogens is 1.